The van der Waals surface area contributed by atoms with Gasteiger partial charge in [-0.05, 0) is 23.8 Å². The average Bonchev–Trinajstić information content (AvgIpc) is 2.47. The number of rotatable bonds is 5. The molecular formula is C16H17FN2OS. The van der Waals surface area contributed by atoms with Crippen molar-refractivity contribution in [3.8, 4) is 0 Å². The Morgan fingerprint density at radius 3 is 2.62 bits per heavy atom. The smallest absolute Gasteiger partial charge is 0.232 e. The van der Waals surface area contributed by atoms with Crippen molar-refractivity contribution in [3.63, 3.8) is 0 Å². The molecule has 0 bridgehead atoms. The maximum absolute atomic E-state index is 13.0. The molecule has 2 aromatic carbocycles. The number of nitrogens with zero attached hydrogens (tertiary/aromatic N) is 1. The van der Waals surface area contributed by atoms with Crippen molar-refractivity contribution in [2.75, 3.05) is 18.5 Å². The van der Waals surface area contributed by atoms with Crippen molar-refractivity contribution in [3.05, 3.63) is 59.9 Å². The summed E-state index contributed by atoms with van der Waals surface area (Å²) in [6, 6.07) is 14.0. The summed E-state index contributed by atoms with van der Waals surface area (Å²) < 4.78 is 13.0. The number of carbonyl (C=O) groups is 1. The maximum Gasteiger partial charge on any atom is 0.232 e. The number of nitrogens with two attached hydrogens (primary N) is 1. The second kappa shape index (κ2) is 7.13. The van der Waals surface area contributed by atoms with Crippen LogP contribution in [-0.4, -0.2) is 23.6 Å². The second-order valence-electron chi connectivity index (χ2n) is 4.71. The number of carbonyl (C=O) groups excluding carboxylic acids is 1. The van der Waals surface area contributed by atoms with Crippen LogP contribution in [0.5, 0.6) is 0 Å². The molecule has 0 aromatic heterocycles. The quantitative estimate of drug-likeness (QED) is 0.682. The highest BCUT2D eigenvalue weighted by molar-refractivity contribution is 8.00. The van der Waals surface area contributed by atoms with Gasteiger partial charge in [-0.15, -0.1) is 11.8 Å². The molecule has 2 N–H and O–H groups in total. The Labute approximate surface area is 127 Å². The molecular weight excluding hydrogens is 287 g/mol. The minimum atomic E-state index is -0.371. The zero-order chi connectivity index (χ0) is 15.2. The number of amides is 1. The monoisotopic (exact) mass is 304 g/mol. The zero-order valence-corrected chi connectivity index (χ0v) is 12.6. The van der Waals surface area contributed by atoms with E-state index in [1.807, 2.05) is 30.3 Å². The zero-order valence-electron chi connectivity index (χ0n) is 11.8. The van der Waals surface area contributed by atoms with Crippen LogP contribution in [0.3, 0.4) is 0 Å². The van der Waals surface area contributed by atoms with E-state index in [-0.39, 0.29) is 17.5 Å². The molecule has 5 heteroatoms. The minimum absolute atomic E-state index is 0.00702. The molecule has 0 unspecified atom stereocenters. The Morgan fingerprint density at radius 2 is 1.95 bits per heavy atom. The summed E-state index contributed by atoms with van der Waals surface area (Å²) in [4.78, 5) is 14.5. The van der Waals surface area contributed by atoms with Crippen molar-refractivity contribution in [1.82, 2.24) is 4.90 Å². The molecule has 0 saturated carbocycles. The van der Waals surface area contributed by atoms with Crippen LogP contribution in [-0.2, 0) is 11.3 Å². The highest BCUT2D eigenvalue weighted by Crippen LogP contribution is 2.25. The molecule has 0 fully saturated rings. The number of hydrogen-bond donors (Lipinski definition) is 1. The Morgan fingerprint density at radius 1 is 1.24 bits per heavy atom. The van der Waals surface area contributed by atoms with Crippen molar-refractivity contribution in [1.29, 1.82) is 0 Å². The fraction of sp³-hybridized carbons (Fsp3) is 0.188. The van der Waals surface area contributed by atoms with Gasteiger partial charge in [0.25, 0.3) is 0 Å². The third kappa shape index (κ3) is 4.49. The van der Waals surface area contributed by atoms with E-state index in [0.717, 1.165) is 10.5 Å². The fourth-order valence-electron chi connectivity index (χ4n) is 1.85. The van der Waals surface area contributed by atoms with Gasteiger partial charge < -0.3 is 10.6 Å². The van der Waals surface area contributed by atoms with Crippen LogP contribution in [0, 0.1) is 5.82 Å². The highest BCUT2D eigenvalue weighted by atomic mass is 32.2. The van der Waals surface area contributed by atoms with E-state index in [4.69, 9.17) is 5.73 Å². The Bertz CT molecular complexity index is 619. The van der Waals surface area contributed by atoms with Crippen LogP contribution in [0.2, 0.25) is 0 Å². The molecule has 110 valence electrons. The first kappa shape index (κ1) is 15.4. The summed E-state index contributed by atoms with van der Waals surface area (Å²) >= 11 is 1.32. The number of nitrogen functional groups attached to an aromatic ring is 1. The molecule has 2 rings (SSSR count). The molecule has 0 aliphatic heterocycles. The Balaban J connectivity index is 1.89. The van der Waals surface area contributed by atoms with Crippen LogP contribution < -0.4 is 5.73 Å². The molecule has 0 spiro atoms. The third-order valence-corrected chi connectivity index (χ3v) is 4.09. The summed E-state index contributed by atoms with van der Waals surface area (Å²) in [6.07, 6.45) is 0. The molecule has 0 aliphatic rings. The van der Waals surface area contributed by atoms with E-state index in [1.54, 1.807) is 18.0 Å². The lowest BCUT2D eigenvalue weighted by Gasteiger charge is -2.17. The second-order valence-corrected chi connectivity index (χ2v) is 5.72. The maximum atomic E-state index is 13.0. The van der Waals surface area contributed by atoms with Gasteiger partial charge in [-0.2, -0.15) is 0 Å². The molecule has 3 nitrogen and oxygen atoms in total. The van der Waals surface area contributed by atoms with Crippen LogP contribution in [0.15, 0.2) is 53.4 Å². The van der Waals surface area contributed by atoms with Gasteiger partial charge in [0.15, 0.2) is 0 Å². The largest absolute Gasteiger partial charge is 0.398 e. The number of benzene rings is 2. The van der Waals surface area contributed by atoms with E-state index in [0.29, 0.717) is 12.2 Å². The van der Waals surface area contributed by atoms with Gasteiger partial charge in [-0.25, -0.2) is 4.39 Å². The van der Waals surface area contributed by atoms with Gasteiger partial charge in [0.05, 0.1) is 5.75 Å². The fourth-order valence-corrected chi connectivity index (χ4v) is 2.74. The Kier molecular flexibility index (Phi) is 5.22. The summed E-state index contributed by atoms with van der Waals surface area (Å²) in [7, 11) is 1.77. The number of anilines is 1. The van der Waals surface area contributed by atoms with Crippen molar-refractivity contribution in [2.45, 2.75) is 11.4 Å². The predicted octanol–water partition coefficient (Wildman–Crippen LogP) is 3.16. The van der Waals surface area contributed by atoms with Crippen LogP contribution in [0.1, 0.15) is 5.56 Å². The first-order chi connectivity index (χ1) is 10.1. The molecule has 0 saturated heterocycles. The first-order valence-electron chi connectivity index (χ1n) is 6.52. The van der Waals surface area contributed by atoms with Crippen LogP contribution in [0.4, 0.5) is 10.1 Å². The normalized spacial score (nSPS) is 10.4. The van der Waals surface area contributed by atoms with Gasteiger partial charge in [-0.3, -0.25) is 4.79 Å². The van der Waals surface area contributed by atoms with Crippen molar-refractivity contribution in [2.24, 2.45) is 0 Å². The first-order valence-corrected chi connectivity index (χ1v) is 7.50. The van der Waals surface area contributed by atoms with Gasteiger partial charge in [0, 0.05) is 24.2 Å². The molecule has 1 amide bonds. The number of halogens is 1. The Hall–Kier alpha value is -2.01. The van der Waals surface area contributed by atoms with E-state index in [9.17, 15) is 9.18 Å². The van der Waals surface area contributed by atoms with Crippen LogP contribution >= 0.6 is 11.8 Å². The lowest BCUT2D eigenvalue weighted by molar-refractivity contribution is -0.127. The molecule has 2 aromatic rings. The van der Waals surface area contributed by atoms with Gasteiger partial charge >= 0.3 is 0 Å². The van der Waals surface area contributed by atoms with E-state index < -0.39 is 0 Å². The lowest BCUT2D eigenvalue weighted by atomic mass is 10.2. The van der Waals surface area contributed by atoms with Gasteiger partial charge in [0.2, 0.25) is 5.91 Å². The summed E-state index contributed by atoms with van der Waals surface area (Å²) in [5.74, 6) is -0.0870. The summed E-state index contributed by atoms with van der Waals surface area (Å²) in [6.45, 7) is 0.569. The molecule has 21 heavy (non-hydrogen) atoms. The van der Waals surface area contributed by atoms with Crippen LogP contribution in [0.25, 0.3) is 0 Å². The summed E-state index contributed by atoms with van der Waals surface area (Å²) in [5, 5.41) is 0. The third-order valence-electron chi connectivity index (χ3n) is 3.01. The SMILES string of the molecule is CN(Cc1ccccc1)C(=O)CSc1ccc(F)cc1N. The van der Waals surface area contributed by atoms with E-state index in [1.165, 1.54) is 23.9 Å². The van der Waals surface area contributed by atoms with E-state index in [2.05, 4.69) is 0 Å². The van der Waals surface area contributed by atoms with Gasteiger partial charge in [-0.1, -0.05) is 30.3 Å². The average molecular weight is 304 g/mol. The predicted molar refractivity (Wildman–Crippen MR) is 84.5 cm³/mol. The molecule has 0 aliphatic carbocycles. The van der Waals surface area contributed by atoms with Crippen molar-refractivity contribution < 1.29 is 9.18 Å². The topological polar surface area (TPSA) is 46.3 Å². The minimum Gasteiger partial charge on any atom is -0.398 e. The van der Waals surface area contributed by atoms with E-state index >= 15 is 0 Å². The highest BCUT2D eigenvalue weighted by Gasteiger charge is 2.11. The molecule has 0 heterocycles. The summed E-state index contributed by atoms with van der Waals surface area (Å²) in [5.41, 5.74) is 7.16. The lowest BCUT2D eigenvalue weighted by Crippen LogP contribution is -2.27. The molecule has 0 atom stereocenters. The van der Waals surface area contributed by atoms with Crippen molar-refractivity contribution >= 4 is 23.4 Å². The van der Waals surface area contributed by atoms with Gasteiger partial charge in [0.1, 0.15) is 5.82 Å². The standard InChI is InChI=1S/C16H17FN2OS/c1-19(10-12-5-3-2-4-6-12)16(20)11-21-15-8-7-13(17)9-14(15)18/h2-9H,10-11,18H2,1H3. The number of thioether (sulfide) groups is 1. The number of hydrogen-bond acceptors (Lipinski definition) is 3. The molecule has 0 radical (unpaired) electrons.